The third-order valence-electron chi connectivity index (χ3n) is 6.39. The first kappa shape index (κ1) is 19.4. The zero-order valence-electron chi connectivity index (χ0n) is 18.5. The molecule has 0 aliphatic heterocycles. The molecule has 0 atom stereocenters. The van der Waals surface area contributed by atoms with E-state index in [1.165, 1.54) is 38.6 Å². The normalized spacial score (nSPS) is 11.2. The molecule has 0 unspecified atom stereocenters. The summed E-state index contributed by atoms with van der Waals surface area (Å²) in [6, 6.07) is 45.2. The van der Waals surface area contributed by atoms with E-state index in [4.69, 9.17) is 0 Å². The number of hydrogen-bond acceptors (Lipinski definition) is 1. The SMILES string of the molecule is Cn1c2ccccc2c2cccc(N(c3ccccc3)c3ccc(-c4ccccc4)cc3)c21. The van der Waals surface area contributed by atoms with Crippen LogP contribution in [0.4, 0.5) is 17.1 Å². The van der Waals surface area contributed by atoms with Gasteiger partial charge in [0.15, 0.2) is 0 Å². The van der Waals surface area contributed by atoms with E-state index in [-0.39, 0.29) is 0 Å². The van der Waals surface area contributed by atoms with Crippen molar-refractivity contribution in [1.29, 1.82) is 0 Å². The molecule has 0 N–H and O–H groups in total. The summed E-state index contributed by atoms with van der Waals surface area (Å²) in [7, 11) is 2.16. The molecule has 0 spiro atoms. The molecule has 2 nitrogen and oxygen atoms in total. The van der Waals surface area contributed by atoms with Crippen LogP contribution < -0.4 is 4.90 Å². The average Bonchev–Trinajstić information content (AvgIpc) is 3.19. The van der Waals surface area contributed by atoms with Crippen molar-refractivity contribution in [2.24, 2.45) is 7.05 Å². The largest absolute Gasteiger partial charge is 0.342 e. The number of fused-ring (bicyclic) bond motifs is 3. The molecule has 2 heteroatoms. The van der Waals surface area contributed by atoms with Crippen molar-refractivity contribution in [3.8, 4) is 11.1 Å². The van der Waals surface area contributed by atoms with Gasteiger partial charge in [-0.25, -0.2) is 0 Å². The maximum atomic E-state index is 2.36. The number of rotatable bonds is 4. The summed E-state index contributed by atoms with van der Waals surface area (Å²) in [6.45, 7) is 0. The van der Waals surface area contributed by atoms with Gasteiger partial charge in [-0.3, -0.25) is 0 Å². The Morgan fingerprint density at radius 3 is 1.82 bits per heavy atom. The molecule has 0 fully saturated rings. The van der Waals surface area contributed by atoms with E-state index >= 15 is 0 Å². The molecule has 0 saturated carbocycles. The quantitative estimate of drug-likeness (QED) is 0.275. The van der Waals surface area contributed by atoms with Crippen molar-refractivity contribution in [2.75, 3.05) is 4.90 Å². The highest BCUT2D eigenvalue weighted by Crippen LogP contribution is 2.41. The zero-order valence-corrected chi connectivity index (χ0v) is 18.5. The van der Waals surface area contributed by atoms with E-state index in [9.17, 15) is 0 Å². The first-order valence-corrected chi connectivity index (χ1v) is 11.3. The van der Waals surface area contributed by atoms with Crippen LogP contribution in [-0.2, 0) is 7.05 Å². The molecule has 0 radical (unpaired) electrons. The Labute approximate surface area is 194 Å². The maximum absolute atomic E-state index is 2.36. The number of benzene rings is 5. The lowest BCUT2D eigenvalue weighted by Crippen LogP contribution is -2.11. The lowest BCUT2D eigenvalue weighted by Gasteiger charge is -2.27. The minimum absolute atomic E-state index is 1.14. The molecule has 0 aliphatic carbocycles. The zero-order chi connectivity index (χ0) is 22.2. The van der Waals surface area contributed by atoms with Crippen molar-refractivity contribution in [1.82, 2.24) is 4.57 Å². The number of hydrogen-bond donors (Lipinski definition) is 0. The molecular formula is C31H24N2. The van der Waals surface area contributed by atoms with Crippen LogP contribution in [0, 0.1) is 0 Å². The van der Waals surface area contributed by atoms with E-state index < -0.39 is 0 Å². The Hall–Kier alpha value is -4.30. The number of aryl methyl sites for hydroxylation is 1. The summed E-state index contributed by atoms with van der Waals surface area (Å²) in [5.74, 6) is 0. The molecule has 33 heavy (non-hydrogen) atoms. The molecular weight excluding hydrogens is 400 g/mol. The van der Waals surface area contributed by atoms with Gasteiger partial charge in [0.05, 0.1) is 11.2 Å². The number of aromatic nitrogens is 1. The lowest BCUT2D eigenvalue weighted by atomic mass is 10.0. The second kappa shape index (κ2) is 7.99. The van der Waals surface area contributed by atoms with Gasteiger partial charge >= 0.3 is 0 Å². The van der Waals surface area contributed by atoms with Gasteiger partial charge in [-0.1, -0.05) is 91.0 Å². The van der Waals surface area contributed by atoms with Crippen LogP contribution in [-0.4, -0.2) is 4.57 Å². The smallest absolute Gasteiger partial charge is 0.0733 e. The predicted molar refractivity (Wildman–Crippen MR) is 141 cm³/mol. The van der Waals surface area contributed by atoms with Crippen LogP contribution in [0.15, 0.2) is 127 Å². The minimum Gasteiger partial charge on any atom is -0.342 e. The molecule has 0 amide bonds. The van der Waals surface area contributed by atoms with E-state index in [0.29, 0.717) is 0 Å². The van der Waals surface area contributed by atoms with Crippen molar-refractivity contribution < 1.29 is 0 Å². The Balaban J connectivity index is 1.57. The fourth-order valence-electron chi connectivity index (χ4n) is 4.83. The predicted octanol–water partition coefficient (Wildman–Crippen LogP) is 8.47. The Kier molecular flexibility index (Phi) is 4.70. The van der Waals surface area contributed by atoms with Crippen molar-refractivity contribution in [3.05, 3.63) is 127 Å². The summed E-state index contributed by atoms with van der Waals surface area (Å²) in [5, 5.41) is 2.55. The van der Waals surface area contributed by atoms with Gasteiger partial charge in [-0.15, -0.1) is 0 Å². The molecule has 158 valence electrons. The van der Waals surface area contributed by atoms with Crippen LogP contribution in [0.5, 0.6) is 0 Å². The second-order valence-electron chi connectivity index (χ2n) is 8.33. The topological polar surface area (TPSA) is 8.17 Å². The molecule has 6 rings (SSSR count). The van der Waals surface area contributed by atoms with E-state index in [1.54, 1.807) is 0 Å². The summed E-state index contributed by atoms with van der Waals surface area (Å²) < 4.78 is 2.31. The van der Waals surface area contributed by atoms with Crippen molar-refractivity contribution >= 4 is 38.9 Å². The van der Waals surface area contributed by atoms with Crippen molar-refractivity contribution in [2.45, 2.75) is 0 Å². The Bertz CT molecular complexity index is 1550. The monoisotopic (exact) mass is 424 g/mol. The highest BCUT2D eigenvalue weighted by molar-refractivity contribution is 6.13. The van der Waals surface area contributed by atoms with E-state index in [1.807, 2.05) is 0 Å². The third-order valence-corrected chi connectivity index (χ3v) is 6.39. The van der Waals surface area contributed by atoms with E-state index in [0.717, 1.165) is 11.4 Å². The summed E-state index contributed by atoms with van der Waals surface area (Å²) in [4.78, 5) is 2.36. The minimum atomic E-state index is 1.14. The van der Waals surface area contributed by atoms with Crippen LogP contribution in [0.1, 0.15) is 0 Å². The first-order chi connectivity index (χ1) is 16.3. The standard InChI is InChI=1S/C31H24N2/c1-32-29-17-9-8-15-27(29)28-16-10-18-30(31(28)32)33(25-13-6-3-7-14-25)26-21-19-24(20-22-26)23-11-4-2-5-12-23/h2-22H,1H3. The van der Waals surface area contributed by atoms with Gasteiger partial charge in [0.2, 0.25) is 0 Å². The molecule has 6 aromatic rings. The lowest BCUT2D eigenvalue weighted by molar-refractivity contribution is 1.01. The molecule has 5 aromatic carbocycles. The van der Waals surface area contributed by atoms with Gasteiger partial charge in [-0.2, -0.15) is 0 Å². The summed E-state index contributed by atoms with van der Waals surface area (Å²) >= 11 is 0. The number of anilines is 3. The van der Waals surface area contributed by atoms with Gasteiger partial charge in [0, 0.05) is 34.7 Å². The molecule has 1 aromatic heterocycles. The second-order valence-corrected chi connectivity index (χ2v) is 8.33. The number of para-hydroxylation sites is 3. The van der Waals surface area contributed by atoms with Gasteiger partial charge < -0.3 is 9.47 Å². The Morgan fingerprint density at radius 1 is 0.485 bits per heavy atom. The van der Waals surface area contributed by atoms with Gasteiger partial charge in [-0.05, 0) is 47.5 Å². The van der Waals surface area contributed by atoms with Crippen LogP contribution >= 0.6 is 0 Å². The van der Waals surface area contributed by atoms with Crippen molar-refractivity contribution in [3.63, 3.8) is 0 Å². The third kappa shape index (κ3) is 3.28. The van der Waals surface area contributed by atoms with Gasteiger partial charge in [0.1, 0.15) is 0 Å². The summed E-state index contributed by atoms with van der Waals surface area (Å²) in [5.41, 5.74) is 8.37. The van der Waals surface area contributed by atoms with E-state index in [2.05, 4.69) is 144 Å². The Morgan fingerprint density at radius 2 is 1.06 bits per heavy atom. The highest BCUT2D eigenvalue weighted by Gasteiger charge is 2.19. The van der Waals surface area contributed by atoms with Gasteiger partial charge in [0.25, 0.3) is 0 Å². The first-order valence-electron chi connectivity index (χ1n) is 11.3. The van der Waals surface area contributed by atoms with Crippen LogP contribution in [0.3, 0.4) is 0 Å². The van der Waals surface area contributed by atoms with Crippen LogP contribution in [0.25, 0.3) is 32.9 Å². The van der Waals surface area contributed by atoms with Crippen LogP contribution in [0.2, 0.25) is 0 Å². The highest BCUT2D eigenvalue weighted by atomic mass is 15.2. The fraction of sp³-hybridized carbons (Fsp3) is 0.0323. The number of nitrogens with zero attached hydrogens (tertiary/aromatic N) is 2. The average molecular weight is 425 g/mol. The molecule has 0 saturated heterocycles. The molecule has 0 aliphatic rings. The molecule has 1 heterocycles. The molecule has 0 bridgehead atoms. The maximum Gasteiger partial charge on any atom is 0.0733 e. The summed E-state index contributed by atoms with van der Waals surface area (Å²) in [6.07, 6.45) is 0. The fourth-order valence-corrected chi connectivity index (χ4v) is 4.83.